The molecule has 0 unspecified atom stereocenters. The Kier molecular flexibility index (Phi) is 4.23. The third-order valence-corrected chi connectivity index (χ3v) is 4.14. The Bertz CT molecular complexity index is 594. The zero-order chi connectivity index (χ0) is 14.8. The minimum atomic E-state index is 0.000795. The van der Waals surface area contributed by atoms with E-state index in [4.69, 9.17) is 0 Å². The Labute approximate surface area is 124 Å². The van der Waals surface area contributed by atoms with Crippen LogP contribution in [0.3, 0.4) is 0 Å². The van der Waals surface area contributed by atoms with Gasteiger partial charge < -0.3 is 5.32 Å². The Morgan fingerprint density at radius 3 is 2.40 bits per heavy atom. The van der Waals surface area contributed by atoms with Crippen LogP contribution in [-0.2, 0) is 16.6 Å². The Morgan fingerprint density at radius 2 is 1.90 bits per heavy atom. The molecule has 2 aromatic rings. The molecule has 0 saturated carbocycles. The summed E-state index contributed by atoms with van der Waals surface area (Å²) in [5.74, 6) is 0.000795. The van der Waals surface area contributed by atoms with Crippen LogP contribution in [-0.4, -0.2) is 10.9 Å². The number of anilines is 1. The van der Waals surface area contributed by atoms with Gasteiger partial charge in [0, 0.05) is 10.6 Å². The molecule has 1 amide bonds. The lowest BCUT2D eigenvalue weighted by molar-refractivity contribution is -0.115. The molecule has 4 heteroatoms. The van der Waals surface area contributed by atoms with Gasteiger partial charge in [-0.15, -0.1) is 11.3 Å². The van der Waals surface area contributed by atoms with Gasteiger partial charge in [0.25, 0.3) is 0 Å². The molecule has 0 atom stereocenters. The maximum absolute atomic E-state index is 12.0. The van der Waals surface area contributed by atoms with Crippen LogP contribution in [0, 0.1) is 6.92 Å². The van der Waals surface area contributed by atoms with E-state index in [9.17, 15) is 4.79 Å². The summed E-state index contributed by atoms with van der Waals surface area (Å²) in [6.07, 6.45) is 0.386. The van der Waals surface area contributed by atoms with Gasteiger partial charge in [-0.1, -0.05) is 32.9 Å². The molecule has 1 N–H and O–H groups in total. The number of aromatic nitrogens is 1. The van der Waals surface area contributed by atoms with Crippen LogP contribution in [0.5, 0.6) is 0 Å². The molecule has 1 aromatic heterocycles. The van der Waals surface area contributed by atoms with Crippen LogP contribution in [0.1, 0.15) is 36.9 Å². The summed E-state index contributed by atoms with van der Waals surface area (Å²) in [4.78, 5) is 17.2. The van der Waals surface area contributed by atoms with Gasteiger partial charge in [0.15, 0.2) is 0 Å². The van der Waals surface area contributed by atoms with Gasteiger partial charge in [0.1, 0.15) is 0 Å². The molecule has 0 spiro atoms. The molecule has 3 nitrogen and oxygen atoms in total. The van der Waals surface area contributed by atoms with Gasteiger partial charge in [-0.25, -0.2) is 4.98 Å². The number of hydrogen-bond donors (Lipinski definition) is 1. The van der Waals surface area contributed by atoms with E-state index >= 15 is 0 Å². The predicted octanol–water partition coefficient (Wildman–Crippen LogP) is 3.93. The maximum atomic E-state index is 12.0. The van der Waals surface area contributed by atoms with Crippen LogP contribution in [0.2, 0.25) is 0 Å². The molecule has 0 aliphatic heterocycles. The molecule has 1 aromatic carbocycles. The van der Waals surface area contributed by atoms with E-state index in [-0.39, 0.29) is 11.3 Å². The SMILES string of the molecule is Cc1ncsc1CC(=O)Nc1ccc(C(C)(C)C)cc1. The molecular weight excluding hydrogens is 268 g/mol. The molecule has 106 valence electrons. The smallest absolute Gasteiger partial charge is 0.229 e. The van der Waals surface area contributed by atoms with Crippen molar-refractivity contribution in [1.29, 1.82) is 0 Å². The quantitative estimate of drug-likeness (QED) is 0.929. The Hall–Kier alpha value is -1.68. The van der Waals surface area contributed by atoms with E-state index in [2.05, 4.69) is 43.2 Å². The summed E-state index contributed by atoms with van der Waals surface area (Å²) < 4.78 is 0. The Morgan fingerprint density at radius 1 is 1.25 bits per heavy atom. The zero-order valence-electron chi connectivity index (χ0n) is 12.4. The predicted molar refractivity (Wildman–Crippen MR) is 84.3 cm³/mol. The van der Waals surface area contributed by atoms with Gasteiger partial charge in [-0.05, 0) is 30.0 Å². The third-order valence-electron chi connectivity index (χ3n) is 3.20. The fourth-order valence-corrected chi connectivity index (χ4v) is 2.68. The van der Waals surface area contributed by atoms with Gasteiger partial charge in [-0.2, -0.15) is 0 Å². The number of rotatable bonds is 3. The molecule has 0 saturated heterocycles. The normalized spacial score (nSPS) is 11.4. The standard InChI is InChI=1S/C16H20N2OS/c1-11-14(20-10-17-11)9-15(19)18-13-7-5-12(6-8-13)16(2,3)4/h5-8,10H,9H2,1-4H3,(H,18,19). The lowest BCUT2D eigenvalue weighted by atomic mass is 9.87. The second kappa shape index (κ2) is 5.75. The number of nitrogens with one attached hydrogen (secondary N) is 1. The topological polar surface area (TPSA) is 42.0 Å². The van der Waals surface area contributed by atoms with Gasteiger partial charge in [-0.3, -0.25) is 4.79 Å². The highest BCUT2D eigenvalue weighted by atomic mass is 32.1. The molecule has 0 aliphatic rings. The maximum Gasteiger partial charge on any atom is 0.229 e. The molecule has 2 rings (SSSR count). The van der Waals surface area contributed by atoms with E-state index in [1.807, 2.05) is 19.1 Å². The monoisotopic (exact) mass is 288 g/mol. The molecule has 0 bridgehead atoms. The molecule has 0 aliphatic carbocycles. The van der Waals surface area contributed by atoms with Crippen molar-refractivity contribution in [3.05, 3.63) is 45.9 Å². The largest absolute Gasteiger partial charge is 0.326 e. The van der Waals surface area contributed by atoms with Crippen LogP contribution >= 0.6 is 11.3 Å². The average Bonchev–Trinajstić information content (AvgIpc) is 2.74. The van der Waals surface area contributed by atoms with E-state index in [1.165, 1.54) is 16.9 Å². The molecule has 0 radical (unpaired) electrons. The van der Waals surface area contributed by atoms with E-state index in [0.717, 1.165) is 16.3 Å². The Balaban J connectivity index is 2.00. The number of amides is 1. The lowest BCUT2D eigenvalue weighted by Gasteiger charge is -2.19. The van der Waals surface area contributed by atoms with E-state index in [0.29, 0.717) is 6.42 Å². The van der Waals surface area contributed by atoms with Crippen LogP contribution in [0.15, 0.2) is 29.8 Å². The number of carbonyl (C=O) groups is 1. The van der Waals surface area contributed by atoms with Crippen LogP contribution in [0.25, 0.3) is 0 Å². The first-order valence-electron chi connectivity index (χ1n) is 6.65. The number of aryl methyl sites for hydroxylation is 1. The lowest BCUT2D eigenvalue weighted by Crippen LogP contribution is -2.15. The number of benzene rings is 1. The minimum absolute atomic E-state index is 0.000795. The van der Waals surface area contributed by atoms with Crippen LogP contribution < -0.4 is 5.32 Å². The van der Waals surface area contributed by atoms with Gasteiger partial charge in [0.05, 0.1) is 17.6 Å². The van der Waals surface area contributed by atoms with Crippen molar-refractivity contribution >= 4 is 22.9 Å². The summed E-state index contributed by atoms with van der Waals surface area (Å²) in [5, 5.41) is 2.93. The molecule has 1 heterocycles. The summed E-state index contributed by atoms with van der Waals surface area (Å²) in [7, 11) is 0. The first kappa shape index (κ1) is 14.7. The van der Waals surface area contributed by atoms with E-state index in [1.54, 1.807) is 5.51 Å². The summed E-state index contributed by atoms with van der Waals surface area (Å²) >= 11 is 1.52. The second-order valence-electron chi connectivity index (χ2n) is 5.91. The highest BCUT2D eigenvalue weighted by Gasteiger charge is 2.13. The van der Waals surface area contributed by atoms with Crippen molar-refractivity contribution in [2.45, 2.75) is 39.5 Å². The van der Waals surface area contributed by atoms with Crippen molar-refractivity contribution in [2.75, 3.05) is 5.32 Å². The third kappa shape index (κ3) is 3.67. The van der Waals surface area contributed by atoms with Gasteiger partial charge in [0.2, 0.25) is 5.91 Å². The minimum Gasteiger partial charge on any atom is -0.326 e. The first-order chi connectivity index (χ1) is 9.36. The molecule has 0 fully saturated rings. The number of thiazole rings is 1. The zero-order valence-corrected chi connectivity index (χ0v) is 13.2. The summed E-state index contributed by atoms with van der Waals surface area (Å²) in [6, 6.07) is 8.04. The highest BCUT2D eigenvalue weighted by Crippen LogP contribution is 2.23. The second-order valence-corrected chi connectivity index (χ2v) is 6.85. The van der Waals surface area contributed by atoms with Gasteiger partial charge >= 0.3 is 0 Å². The summed E-state index contributed by atoms with van der Waals surface area (Å²) in [6.45, 7) is 8.45. The summed E-state index contributed by atoms with van der Waals surface area (Å²) in [5.41, 5.74) is 4.94. The molecule has 20 heavy (non-hydrogen) atoms. The first-order valence-corrected chi connectivity index (χ1v) is 7.53. The van der Waals surface area contributed by atoms with Crippen molar-refractivity contribution in [3.8, 4) is 0 Å². The number of hydrogen-bond acceptors (Lipinski definition) is 3. The number of nitrogens with zero attached hydrogens (tertiary/aromatic N) is 1. The van der Waals surface area contributed by atoms with Crippen LogP contribution in [0.4, 0.5) is 5.69 Å². The van der Waals surface area contributed by atoms with Crippen molar-refractivity contribution in [2.24, 2.45) is 0 Å². The molecular formula is C16H20N2OS. The fraction of sp³-hybridized carbons (Fsp3) is 0.375. The van der Waals surface area contributed by atoms with Crippen molar-refractivity contribution in [1.82, 2.24) is 4.98 Å². The fourth-order valence-electron chi connectivity index (χ4n) is 1.90. The van der Waals surface area contributed by atoms with E-state index < -0.39 is 0 Å². The van der Waals surface area contributed by atoms with Crippen molar-refractivity contribution in [3.63, 3.8) is 0 Å². The van der Waals surface area contributed by atoms with Crippen molar-refractivity contribution < 1.29 is 4.79 Å². The average molecular weight is 288 g/mol. The highest BCUT2D eigenvalue weighted by molar-refractivity contribution is 7.09. The number of carbonyl (C=O) groups excluding carboxylic acids is 1.